The van der Waals surface area contributed by atoms with Gasteiger partial charge in [0.2, 0.25) is 10.0 Å². The molecular weight excluding hydrogens is 226 g/mol. The lowest BCUT2D eigenvalue weighted by Crippen LogP contribution is -2.17. The van der Waals surface area contributed by atoms with E-state index in [1.807, 2.05) is 20.8 Å². The van der Waals surface area contributed by atoms with Gasteiger partial charge in [0.1, 0.15) is 10.6 Å². The summed E-state index contributed by atoms with van der Waals surface area (Å²) in [5, 5.41) is 15.0. The van der Waals surface area contributed by atoms with E-state index in [1.54, 1.807) is 13.0 Å². The minimum atomic E-state index is -3.89. The second-order valence-electron chi connectivity index (χ2n) is 4.95. The number of hydrogen-bond donors (Lipinski definition) is 2. The molecule has 0 radical (unpaired) electrons. The average molecular weight is 243 g/mol. The number of hydrogen-bond acceptors (Lipinski definition) is 3. The van der Waals surface area contributed by atoms with Crippen LogP contribution in [0.4, 0.5) is 0 Å². The van der Waals surface area contributed by atoms with E-state index in [2.05, 4.69) is 0 Å². The van der Waals surface area contributed by atoms with Crippen molar-refractivity contribution in [3.8, 4) is 5.75 Å². The van der Waals surface area contributed by atoms with Gasteiger partial charge in [0.25, 0.3) is 0 Å². The molecule has 0 saturated carbocycles. The van der Waals surface area contributed by atoms with Crippen molar-refractivity contribution in [3.05, 3.63) is 23.3 Å². The Morgan fingerprint density at radius 1 is 1.25 bits per heavy atom. The van der Waals surface area contributed by atoms with Crippen LogP contribution in [0.1, 0.15) is 31.9 Å². The Bertz CT molecular complexity index is 513. The number of nitrogens with two attached hydrogens (primary N) is 1. The van der Waals surface area contributed by atoms with Gasteiger partial charge < -0.3 is 5.11 Å². The first kappa shape index (κ1) is 13.0. The topological polar surface area (TPSA) is 80.4 Å². The Kier molecular flexibility index (Phi) is 3.04. The molecule has 0 unspecified atom stereocenters. The minimum Gasteiger partial charge on any atom is -0.506 e. The molecule has 0 amide bonds. The highest BCUT2D eigenvalue weighted by molar-refractivity contribution is 7.89. The fraction of sp³-hybridized carbons (Fsp3) is 0.455. The molecule has 0 spiro atoms. The summed E-state index contributed by atoms with van der Waals surface area (Å²) in [5.41, 5.74) is 0.999. The average Bonchev–Trinajstić information content (AvgIpc) is 2.04. The first-order valence-electron chi connectivity index (χ1n) is 4.90. The summed E-state index contributed by atoms with van der Waals surface area (Å²) < 4.78 is 22.6. The van der Waals surface area contributed by atoms with Crippen LogP contribution in [-0.4, -0.2) is 13.5 Å². The summed E-state index contributed by atoms with van der Waals surface area (Å²) in [6.07, 6.45) is 0. The highest BCUT2D eigenvalue weighted by Gasteiger charge is 2.24. The van der Waals surface area contributed by atoms with Gasteiger partial charge in [-0.15, -0.1) is 0 Å². The van der Waals surface area contributed by atoms with Gasteiger partial charge in [-0.3, -0.25) is 0 Å². The van der Waals surface area contributed by atoms with Crippen molar-refractivity contribution in [1.29, 1.82) is 0 Å². The fourth-order valence-corrected chi connectivity index (χ4v) is 2.26. The molecule has 0 bridgehead atoms. The maximum absolute atomic E-state index is 11.3. The number of phenols is 1. The lowest BCUT2D eigenvalue weighted by Gasteiger charge is -2.22. The summed E-state index contributed by atoms with van der Waals surface area (Å²) in [5.74, 6) is -0.249. The number of rotatable bonds is 1. The van der Waals surface area contributed by atoms with E-state index < -0.39 is 10.0 Å². The molecule has 4 nitrogen and oxygen atoms in total. The molecule has 3 N–H and O–H groups in total. The zero-order valence-corrected chi connectivity index (χ0v) is 10.7. The molecular formula is C11H17NO3S. The Morgan fingerprint density at radius 2 is 1.75 bits per heavy atom. The molecule has 5 heteroatoms. The van der Waals surface area contributed by atoms with Crippen molar-refractivity contribution in [3.63, 3.8) is 0 Å². The first-order valence-corrected chi connectivity index (χ1v) is 6.45. The number of primary sulfonamides is 1. The zero-order chi connectivity index (χ0) is 12.7. The van der Waals surface area contributed by atoms with Crippen LogP contribution in [0, 0.1) is 6.92 Å². The molecule has 0 aromatic heterocycles. The largest absolute Gasteiger partial charge is 0.506 e. The number of aromatic hydroxyl groups is 1. The highest BCUT2D eigenvalue weighted by atomic mass is 32.2. The molecule has 0 saturated heterocycles. The van der Waals surface area contributed by atoms with E-state index in [1.165, 1.54) is 6.07 Å². The summed E-state index contributed by atoms with van der Waals surface area (Å²) in [4.78, 5) is -0.211. The second kappa shape index (κ2) is 3.75. The third-order valence-electron chi connectivity index (χ3n) is 2.33. The van der Waals surface area contributed by atoms with Crippen LogP contribution in [0.25, 0.3) is 0 Å². The van der Waals surface area contributed by atoms with Crippen LogP contribution in [-0.2, 0) is 15.4 Å². The molecule has 1 aromatic carbocycles. The lowest BCUT2D eigenvalue weighted by molar-refractivity contribution is 0.431. The minimum absolute atomic E-state index is 0.211. The lowest BCUT2D eigenvalue weighted by atomic mass is 9.85. The van der Waals surface area contributed by atoms with Crippen LogP contribution in [0.5, 0.6) is 5.75 Å². The molecule has 1 rings (SSSR count). The van der Waals surface area contributed by atoms with E-state index in [0.29, 0.717) is 5.56 Å². The Hall–Kier alpha value is -1.07. The van der Waals surface area contributed by atoms with E-state index in [9.17, 15) is 13.5 Å². The van der Waals surface area contributed by atoms with Gasteiger partial charge in [-0.25, -0.2) is 13.6 Å². The van der Waals surface area contributed by atoms with Crippen molar-refractivity contribution in [2.75, 3.05) is 0 Å². The van der Waals surface area contributed by atoms with Crippen molar-refractivity contribution < 1.29 is 13.5 Å². The third kappa shape index (κ3) is 2.54. The van der Waals surface area contributed by atoms with Gasteiger partial charge in [-0.1, -0.05) is 26.8 Å². The van der Waals surface area contributed by atoms with Gasteiger partial charge in [-0.2, -0.15) is 0 Å². The number of phenolic OH excluding ortho intramolecular Hbond substituents is 1. The normalized spacial score (nSPS) is 12.8. The predicted octanol–water partition coefficient (Wildman–Crippen LogP) is 1.65. The van der Waals surface area contributed by atoms with E-state index in [0.717, 1.165) is 5.56 Å². The monoisotopic (exact) mass is 243 g/mol. The van der Waals surface area contributed by atoms with Gasteiger partial charge in [-0.05, 0) is 24.0 Å². The van der Waals surface area contributed by atoms with Gasteiger partial charge >= 0.3 is 0 Å². The molecule has 0 atom stereocenters. The van der Waals surface area contributed by atoms with Gasteiger partial charge in [0.15, 0.2) is 0 Å². The van der Waals surface area contributed by atoms with Crippen LogP contribution >= 0.6 is 0 Å². The predicted molar refractivity (Wildman–Crippen MR) is 62.9 cm³/mol. The summed E-state index contributed by atoms with van der Waals surface area (Å²) in [6.45, 7) is 7.46. The van der Waals surface area contributed by atoms with Gasteiger partial charge in [0, 0.05) is 5.56 Å². The highest BCUT2D eigenvalue weighted by Crippen LogP contribution is 2.35. The van der Waals surface area contributed by atoms with Crippen molar-refractivity contribution in [2.45, 2.75) is 38.0 Å². The standard InChI is InChI=1S/C11H17NO3S/c1-7-5-8(11(2,3)4)10(13)9(6-7)16(12,14)15/h5-6,13H,1-4H3,(H2,12,14,15). The number of aryl methyl sites for hydroxylation is 1. The molecule has 0 aliphatic heterocycles. The molecule has 0 heterocycles. The van der Waals surface area contributed by atoms with Crippen LogP contribution in [0.2, 0.25) is 0 Å². The third-order valence-corrected chi connectivity index (χ3v) is 3.26. The van der Waals surface area contributed by atoms with Crippen molar-refractivity contribution >= 4 is 10.0 Å². The SMILES string of the molecule is Cc1cc(C(C)(C)C)c(O)c(S(N)(=O)=O)c1. The summed E-state index contributed by atoms with van der Waals surface area (Å²) in [7, 11) is -3.89. The van der Waals surface area contributed by atoms with E-state index >= 15 is 0 Å². The van der Waals surface area contributed by atoms with Crippen LogP contribution in [0.3, 0.4) is 0 Å². The number of benzene rings is 1. The molecule has 16 heavy (non-hydrogen) atoms. The maximum Gasteiger partial charge on any atom is 0.241 e. The maximum atomic E-state index is 11.3. The number of sulfonamides is 1. The van der Waals surface area contributed by atoms with E-state index in [-0.39, 0.29) is 16.1 Å². The van der Waals surface area contributed by atoms with E-state index in [4.69, 9.17) is 5.14 Å². The molecule has 90 valence electrons. The summed E-state index contributed by atoms with van der Waals surface area (Å²) >= 11 is 0. The van der Waals surface area contributed by atoms with Crippen LogP contribution in [0.15, 0.2) is 17.0 Å². The Morgan fingerprint density at radius 3 is 2.12 bits per heavy atom. The second-order valence-corrected chi connectivity index (χ2v) is 6.48. The first-order chi connectivity index (χ1) is 7.03. The van der Waals surface area contributed by atoms with Crippen molar-refractivity contribution in [2.24, 2.45) is 5.14 Å². The van der Waals surface area contributed by atoms with Crippen LogP contribution < -0.4 is 5.14 Å². The quantitative estimate of drug-likeness (QED) is 0.787. The smallest absolute Gasteiger partial charge is 0.241 e. The molecule has 1 aromatic rings. The fourth-order valence-electron chi connectivity index (χ4n) is 1.53. The van der Waals surface area contributed by atoms with Crippen molar-refractivity contribution in [1.82, 2.24) is 0 Å². The summed E-state index contributed by atoms with van der Waals surface area (Å²) in [6, 6.07) is 3.14. The Labute approximate surface area is 96.2 Å². The molecule has 0 aliphatic carbocycles. The molecule has 0 fully saturated rings. The van der Waals surface area contributed by atoms with Gasteiger partial charge in [0.05, 0.1) is 0 Å². The molecule has 0 aliphatic rings. The Balaban J connectivity index is 3.64. The zero-order valence-electron chi connectivity index (χ0n) is 9.90.